The third kappa shape index (κ3) is 1.99. The first-order chi connectivity index (χ1) is 6.74. The fourth-order valence-corrected chi connectivity index (χ4v) is 1.50. The molecular formula is C11H11FN2. The van der Waals surface area contributed by atoms with Gasteiger partial charge in [-0.1, -0.05) is 6.07 Å². The molecule has 0 spiro atoms. The van der Waals surface area contributed by atoms with Crippen LogP contribution in [0.2, 0.25) is 0 Å². The zero-order valence-electron chi connectivity index (χ0n) is 7.92. The molecule has 72 valence electrons. The van der Waals surface area contributed by atoms with E-state index in [1.54, 1.807) is 12.4 Å². The van der Waals surface area contributed by atoms with Gasteiger partial charge in [-0.2, -0.15) is 0 Å². The van der Waals surface area contributed by atoms with Crippen LogP contribution in [0.3, 0.4) is 0 Å². The van der Waals surface area contributed by atoms with Crippen molar-refractivity contribution in [2.45, 2.75) is 13.3 Å². The van der Waals surface area contributed by atoms with Crippen LogP contribution in [0.1, 0.15) is 17.0 Å². The van der Waals surface area contributed by atoms with E-state index < -0.39 is 0 Å². The van der Waals surface area contributed by atoms with Gasteiger partial charge in [0.1, 0.15) is 11.6 Å². The van der Waals surface area contributed by atoms with Gasteiger partial charge >= 0.3 is 0 Å². The number of nitrogens with zero attached hydrogens (tertiary/aromatic N) is 1. The first kappa shape index (κ1) is 8.94. The van der Waals surface area contributed by atoms with E-state index in [-0.39, 0.29) is 5.82 Å². The van der Waals surface area contributed by atoms with Crippen LogP contribution in [0.4, 0.5) is 4.39 Å². The fourth-order valence-electron chi connectivity index (χ4n) is 1.50. The maximum atomic E-state index is 13.0. The molecule has 0 unspecified atom stereocenters. The van der Waals surface area contributed by atoms with Gasteiger partial charge in [0, 0.05) is 18.8 Å². The zero-order valence-corrected chi connectivity index (χ0v) is 7.92. The normalized spacial score (nSPS) is 10.4. The Morgan fingerprint density at radius 1 is 1.36 bits per heavy atom. The molecule has 0 atom stereocenters. The van der Waals surface area contributed by atoms with Crippen molar-refractivity contribution < 1.29 is 4.39 Å². The summed E-state index contributed by atoms with van der Waals surface area (Å²) >= 11 is 0. The van der Waals surface area contributed by atoms with Crippen molar-refractivity contribution in [1.82, 2.24) is 9.97 Å². The number of aryl methyl sites for hydroxylation is 1. The van der Waals surface area contributed by atoms with E-state index in [2.05, 4.69) is 9.97 Å². The maximum Gasteiger partial charge on any atom is 0.123 e. The Labute approximate surface area is 81.8 Å². The topological polar surface area (TPSA) is 28.7 Å². The minimum atomic E-state index is -0.188. The standard InChI is InChI=1S/C11H11FN2/c1-8-4-9(6-10(12)5-8)7-11-13-2-3-14-11/h2-6H,7H2,1H3,(H,13,14). The first-order valence-corrected chi connectivity index (χ1v) is 4.48. The summed E-state index contributed by atoms with van der Waals surface area (Å²) in [7, 11) is 0. The molecule has 0 radical (unpaired) electrons. The summed E-state index contributed by atoms with van der Waals surface area (Å²) in [4.78, 5) is 7.08. The average molecular weight is 190 g/mol. The monoisotopic (exact) mass is 190 g/mol. The molecule has 1 aromatic heterocycles. The lowest BCUT2D eigenvalue weighted by Crippen LogP contribution is -1.92. The number of halogens is 1. The Morgan fingerprint density at radius 2 is 2.21 bits per heavy atom. The predicted molar refractivity (Wildman–Crippen MR) is 52.5 cm³/mol. The van der Waals surface area contributed by atoms with Crippen molar-refractivity contribution in [3.05, 3.63) is 53.4 Å². The number of benzene rings is 1. The molecule has 1 N–H and O–H groups in total. The van der Waals surface area contributed by atoms with Crippen LogP contribution in [0.15, 0.2) is 30.6 Å². The Balaban J connectivity index is 2.25. The van der Waals surface area contributed by atoms with E-state index in [0.717, 1.165) is 17.0 Å². The molecule has 2 rings (SSSR count). The summed E-state index contributed by atoms with van der Waals surface area (Å²) in [6, 6.07) is 5.02. The van der Waals surface area contributed by atoms with Gasteiger partial charge in [0.05, 0.1) is 0 Å². The Kier molecular flexibility index (Phi) is 2.31. The number of nitrogens with one attached hydrogen (secondary N) is 1. The van der Waals surface area contributed by atoms with Gasteiger partial charge in [-0.25, -0.2) is 9.37 Å². The van der Waals surface area contributed by atoms with Gasteiger partial charge < -0.3 is 4.98 Å². The fraction of sp³-hybridized carbons (Fsp3) is 0.182. The highest BCUT2D eigenvalue weighted by molar-refractivity contribution is 5.25. The number of aromatic amines is 1. The molecule has 1 aromatic carbocycles. The number of aromatic nitrogens is 2. The lowest BCUT2D eigenvalue weighted by atomic mass is 10.1. The van der Waals surface area contributed by atoms with E-state index in [9.17, 15) is 4.39 Å². The van der Waals surface area contributed by atoms with Crippen molar-refractivity contribution in [1.29, 1.82) is 0 Å². The van der Waals surface area contributed by atoms with Crippen LogP contribution in [0, 0.1) is 12.7 Å². The second-order valence-corrected chi connectivity index (χ2v) is 3.35. The highest BCUT2D eigenvalue weighted by Gasteiger charge is 2.00. The molecule has 14 heavy (non-hydrogen) atoms. The molecule has 2 nitrogen and oxygen atoms in total. The van der Waals surface area contributed by atoms with Crippen molar-refractivity contribution in [2.75, 3.05) is 0 Å². The van der Waals surface area contributed by atoms with Crippen LogP contribution in [-0.4, -0.2) is 9.97 Å². The molecule has 1 heterocycles. The summed E-state index contributed by atoms with van der Waals surface area (Å²) in [5, 5.41) is 0. The highest BCUT2D eigenvalue weighted by atomic mass is 19.1. The maximum absolute atomic E-state index is 13.0. The molecule has 0 bridgehead atoms. The Morgan fingerprint density at radius 3 is 2.86 bits per heavy atom. The molecule has 0 fully saturated rings. The minimum Gasteiger partial charge on any atom is -0.348 e. The number of imidazole rings is 1. The van der Waals surface area contributed by atoms with Crippen LogP contribution in [0.5, 0.6) is 0 Å². The number of hydrogen-bond donors (Lipinski definition) is 1. The summed E-state index contributed by atoms with van der Waals surface area (Å²) in [6.45, 7) is 1.88. The van der Waals surface area contributed by atoms with E-state index >= 15 is 0 Å². The van der Waals surface area contributed by atoms with Crippen molar-refractivity contribution >= 4 is 0 Å². The summed E-state index contributed by atoms with van der Waals surface area (Å²) < 4.78 is 13.0. The lowest BCUT2D eigenvalue weighted by Gasteiger charge is -2.00. The molecule has 0 amide bonds. The number of H-pyrrole nitrogens is 1. The third-order valence-corrected chi connectivity index (χ3v) is 2.03. The molecule has 0 aliphatic rings. The van der Waals surface area contributed by atoms with Gasteiger partial charge in [-0.05, 0) is 30.2 Å². The number of hydrogen-bond acceptors (Lipinski definition) is 1. The van der Waals surface area contributed by atoms with Crippen molar-refractivity contribution in [2.24, 2.45) is 0 Å². The number of rotatable bonds is 2. The van der Waals surface area contributed by atoms with E-state index in [4.69, 9.17) is 0 Å². The van der Waals surface area contributed by atoms with E-state index in [1.165, 1.54) is 12.1 Å². The van der Waals surface area contributed by atoms with Crippen LogP contribution >= 0.6 is 0 Å². The smallest absolute Gasteiger partial charge is 0.123 e. The minimum absolute atomic E-state index is 0.188. The van der Waals surface area contributed by atoms with Crippen molar-refractivity contribution in [3.63, 3.8) is 0 Å². The molecular weight excluding hydrogens is 179 g/mol. The molecule has 3 heteroatoms. The van der Waals surface area contributed by atoms with Crippen LogP contribution in [0.25, 0.3) is 0 Å². The largest absolute Gasteiger partial charge is 0.348 e. The van der Waals surface area contributed by atoms with E-state index in [1.807, 2.05) is 13.0 Å². The molecule has 0 saturated heterocycles. The van der Waals surface area contributed by atoms with E-state index in [0.29, 0.717) is 6.42 Å². The summed E-state index contributed by atoms with van der Waals surface area (Å²) in [6.07, 6.45) is 4.11. The molecule has 2 aromatic rings. The van der Waals surface area contributed by atoms with Gasteiger partial charge in [0.2, 0.25) is 0 Å². The second-order valence-electron chi connectivity index (χ2n) is 3.35. The highest BCUT2D eigenvalue weighted by Crippen LogP contribution is 2.11. The van der Waals surface area contributed by atoms with Gasteiger partial charge in [0.15, 0.2) is 0 Å². The van der Waals surface area contributed by atoms with Crippen LogP contribution < -0.4 is 0 Å². The molecule has 0 aliphatic heterocycles. The average Bonchev–Trinajstić information content (AvgIpc) is 2.54. The molecule has 0 saturated carbocycles. The van der Waals surface area contributed by atoms with Crippen molar-refractivity contribution in [3.8, 4) is 0 Å². The first-order valence-electron chi connectivity index (χ1n) is 4.48. The summed E-state index contributed by atoms with van der Waals surface area (Å²) in [5.41, 5.74) is 1.88. The summed E-state index contributed by atoms with van der Waals surface area (Å²) in [5.74, 6) is 0.668. The Bertz CT molecular complexity index is 401. The predicted octanol–water partition coefficient (Wildman–Crippen LogP) is 2.45. The lowest BCUT2D eigenvalue weighted by molar-refractivity contribution is 0.624. The van der Waals surface area contributed by atoms with Crippen LogP contribution in [-0.2, 0) is 6.42 Å². The Hall–Kier alpha value is -1.64. The molecule has 0 aliphatic carbocycles. The second kappa shape index (κ2) is 3.62. The zero-order chi connectivity index (χ0) is 9.97. The SMILES string of the molecule is Cc1cc(F)cc(Cc2ncc[nH]2)c1. The quantitative estimate of drug-likeness (QED) is 0.774. The van der Waals surface area contributed by atoms with Gasteiger partial charge in [-0.3, -0.25) is 0 Å². The van der Waals surface area contributed by atoms with Gasteiger partial charge in [0.25, 0.3) is 0 Å². The third-order valence-electron chi connectivity index (χ3n) is 2.03. The van der Waals surface area contributed by atoms with Gasteiger partial charge in [-0.15, -0.1) is 0 Å².